The van der Waals surface area contributed by atoms with Crippen molar-refractivity contribution < 1.29 is 90.0 Å². The Morgan fingerprint density at radius 3 is 1.72 bits per heavy atom. The second-order valence-electron chi connectivity index (χ2n) is 6.07. The van der Waals surface area contributed by atoms with E-state index in [-0.39, 0.29) is 82.2 Å². The molecule has 0 heterocycles. The predicted molar refractivity (Wildman–Crippen MR) is 85.4 cm³/mol. The number of hydrogen-bond acceptors (Lipinski definition) is 4. The zero-order valence-corrected chi connectivity index (χ0v) is 19.0. The maximum absolute atomic E-state index is 11.6. The number of unbranched alkanes of at least 4 members (excludes halogenated alkanes) is 7. The summed E-state index contributed by atoms with van der Waals surface area (Å²) in [4.78, 5) is 23.1. The van der Waals surface area contributed by atoms with E-state index < -0.39 is 17.4 Å². The summed E-state index contributed by atoms with van der Waals surface area (Å²) in [5.74, 6) is -3.18. The molecule has 0 aromatic heterocycles. The monoisotopic (exact) mass is 364 g/mol. The van der Waals surface area contributed by atoms with Crippen molar-refractivity contribution in [3.63, 3.8) is 0 Å². The standard InChI is InChI=1S/C19H28O4.K.Li/c1-2-3-4-5-6-7-8-12-15-19(17(20)21,18(22)23)16-13-10-9-11-14-16;;/h9-11,13-14H,2-8,12,15H2,1H3,(H,20,21)(H,22,23);;/q;2*+1/p-2. The van der Waals surface area contributed by atoms with E-state index in [0.717, 1.165) is 19.3 Å². The summed E-state index contributed by atoms with van der Waals surface area (Å²) in [5.41, 5.74) is -1.83. The number of carbonyl (C=O) groups excluding carboxylic acids is 2. The molecule has 1 rings (SSSR count). The number of hydrogen-bond donors (Lipinski definition) is 0. The van der Waals surface area contributed by atoms with Gasteiger partial charge in [0.1, 0.15) is 0 Å². The van der Waals surface area contributed by atoms with Crippen LogP contribution in [0.3, 0.4) is 0 Å². The van der Waals surface area contributed by atoms with Gasteiger partial charge in [-0.3, -0.25) is 0 Å². The van der Waals surface area contributed by atoms with Crippen LogP contribution in [-0.4, -0.2) is 11.9 Å². The third kappa shape index (κ3) is 8.75. The molecule has 0 saturated heterocycles. The van der Waals surface area contributed by atoms with Crippen LogP contribution in [0.4, 0.5) is 0 Å². The number of aliphatic carboxylic acids is 2. The molecule has 0 atom stereocenters. The molecular formula is C19H26KLiO4. The van der Waals surface area contributed by atoms with Crippen molar-refractivity contribution in [1.29, 1.82) is 0 Å². The molecule has 0 aliphatic rings. The van der Waals surface area contributed by atoms with Crippen LogP contribution in [0.5, 0.6) is 0 Å². The van der Waals surface area contributed by atoms with Crippen molar-refractivity contribution in [3.05, 3.63) is 35.9 Å². The van der Waals surface area contributed by atoms with E-state index in [4.69, 9.17) is 0 Å². The molecule has 25 heavy (non-hydrogen) atoms. The smallest absolute Gasteiger partial charge is 0.549 e. The largest absolute Gasteiger partial charge is 1.00 e. The Labute approximate surface area is 205 Å². The first-order valence-corrected chi connectivity index (χ1v) is 8.54. The van der Waals surface area contributed by atoms with Crippen LogP contribution < -0.4 is 80.5 Å². The van der Waals surface area contributed by atoms with Crippen LogP contribution >= 0.6 is 0 Å². The average Bonchev–Trinajstić information content (AvgIpc) is 2.54. The van der Waals surface area contributed by atoms with Gasteiger partial charge in [-0.2, -0.15) is 0 Å². The van der Waals surface area contributed by atoms with Gasteiger partial charge in [-0.25, -0.2) is 0 Å². The van der Waals surface area contributed by atoms with Crippen LogP contribution in [0, 0.1) is 0 Å². The third-order valence-electron chi connectivity index (χ3n) is 4.37. The Hall–Kier alpha value is 0.394. The van der Waals surface area contributed by atoms with Crippen LogP contribution in [0.2, 0.25) is 0 Å². The van der Waals surface area contributed by atoms with Crippen LogP contribution in [0.1, 0.15) is 70.3 Å². The van der Waals surface area contributed by atoms with Crippen molar-refractivity contribution in [2.75, 3.05) is 0 Å². The molecule has 1 aromatic rings. The summed E-state index contributed by atoms with van der Waals surface area (Å²) >= 11 is 0. The average molecular weight is 364 g/mol. The number of carboxylic acids is 2. The van der Waals surface area contributed by atoms with Gasteiger partial charge in [0.15, 0.2) is 0 Å². The maximum atomic E-state index is 11.6. The molecule has 0 fully saturated rings. The summed E-state index contributed by atoms with van der Waals surface area (Å²) in [5, 5.41) is 23.1. The van der Waals surface area contributed by atoms with Gasteiger partial charge in [-0.05, 0) is 12.0 Å². The Balaban J connectivity index is 0. The molecule has 6 heteroatoms. The van der Waals surface area contributed by atoms with E-state index in [9.17, 15) is 19.8 Å². The fourth-order valence-electron chi connectivity index (χ4n) is 2.91. The molecular weight excluding hydrogens is 338 g/mol. The Kier molecular flexibility index (Phi) is 17.1. The zero-order valence-electron chi connectivity index (χ0n) is 15.9. The van der Waals surface area contributed by atoms with Gasteiger partial charge in [0.2, 0.25) is 0 Å². The van der Waals surface area contributed by atoms with Crippen LogP contribution in [-0.2, 0) is 15.0 Å². The van der Waals surface area contributed by atoms with E-state index in [1.807, 2.05) is 0 Å². The molecule has 0 aliphatic carbocycles. The van der Waals surface area contributed by atoms with Crippen LogP contribution in [0.15, 0.2) is 30.3 Å². The second kappa shape index (κ2) is 15.5. The molecule has 0 N–H and O–H groups in total. The molecule has 0 amide bonds. The van der Waals surface area contributed by atoms with Gasteiger partial charge in [-0.15, -0.1) is 0 Å². The van der Waals surface area contributed by atoms with Crippen molar-refractivity contribution in [3.8, 4) is 0 Å². The van der Waals surface area contributed by atoms with Gasteiger partial charge >= 0.3 is 70.2 Å². The fraction of sp³-hybridized carbons (Fsp3) is 0.579. The van der Waals surface area contributed by atoms with Crippen molar-refractivity contribution in [2.24, 2.45) is 0 Å². The fourth-order valence-corrected chi connectivity index (χ4v) is 2.91. The minimum atomic E-state index is -2.05. The van der Waals surface area contributed by atoms with E-state index in [1.54, 1.807) is 18.2 Å². The van der Waals surface area contributed by atoms with Crippen molar-refractivity contribution in [1.82, 2.24) is 0 Å². The van der Waals surface area contributed by atoms with Gasteiger partial charge in [0.05, 0.1) is 17.4 Å². The number of carbonyl (C=O) groups is 2. The molecule has 0 aliphatic heterocycles. The molecule has 0 radical (unpaired) electrons. The molecule has 0 spiro atoms. The van der Waals surface area contributed by atoms with E-state index >= 15 is 0 Å². The Bertz CT molecular complexity index is 479. The van der Waals surface area contributed by atoms with Crippen LogP contribution in [0.25, 0.3) is 0 Å². The summed E-state index contributed by atoms with van der Waals surface area (Å²) in [6, 6.07) is 8.00. The minimum absolute atomic E-state index is 0. The number of carboxylic acid groups (broad SMARTS) is 2. The topological polar surface area (TPSA) is 80.3 Å². The summed E-state index contributed by atoms with van der Waals surface area (Å²) in [7, 11) is 0. The SMILES string of the molecule is CCCCCCCCCCC(C(=O)[O-])(C(=O)[O-])c1ccccc1.[K+].[Li+]. The van der Waals surface area contributed by atoms with Gasteiger partial charge in [0.25, 0.3) is 0 Å². The first-order valence-electron chi connectivity index (χ1n) is 8.54. The minimum Gasteiger partial charge on any atom is -0.549 e. The molecule has 4 nitrogen and oxygen atoms in total. The normalized spacial score (nSPS) is 10.4. The maximum Gasteiger partial charge on any atom is 1.00 e. The molecule has 1 aromatic carbocycles. The van der Waals surface area contributed by atoms with E-state index in [2.05, 4.69) is 6.92 Å². The second-order valence-corrected chi connectivity index (χ2v) is 6.07. The van der Waals surface area contributed by atoms with Crippen molar-refractivity contribution >= 4 is 11.9 Å². The van der Waals surface area contributed by atoms with E-state index in [0.29, 0.717) is 6.42 Å². The number of benzene rings is 1. The zero-order chi connectivity index (χ0) is 17.1. The molecule has 0 unspecified atom stereocenters. The quantitative estimate of drug-likeness (QED) is 0.215. The molecule has 0 bridgehead atoms. The van der Waals surface area contributed by atoms with Gasteiger partial charge in [0, 0.05) is 0 Å². The molecule has 128 valence electrons. The van der Waals surface area contributed by atoms with Crippen molar-refractivity contribution in [2.45, 2.75) is 70.1 Å². The summed E-state index contributed by atoms with van der Waals surface area (Å²) < 4.78 is 0. The summed E-state index contributed by atoms with van der Waals surface area (Å²) in [6.45, 7) is 2.17. The molecule has 0 saturated carbocycles. The van der Waals surface area contributed by atoms with Gasteiger partial charge in [-0.1, -0.05) is 88.6 Å². The predicted octanol–water partition coefficient (Wildman–Crippen LogP) is -4.04. The third-order valence-corrected chi connectivity index (χ3v) is 4.37. The van der Waals surface area contributed by atoms with E-state index in [1.165, 1.54) is 37.8 Å². The van der Waals surface area contributed by atoms with Gasteiger partial charge < -0.3 is 19.8 Å². The summed E-state index contributed by atoms with van der Waals surface area (Å²) in [6.07, 6.45) is 8.32. The first-order chi connectivity index (χ1) is 11.1. The number of rotatable bonds is 12. The first kappa shape index (κ1) is 27.6. The Morgan fingerprint density at radius 2 is 1.28 bits per heavy atom. The Morgan fingerprint density at radius 1 is 0.840 bits per heavy atom.